The fraction of sp³-hybridized carbons (Fsp3) is 0.316. The third-order valence-electron chi connectivity index (χ3n) is 4.54. The maximum Gasteiger partial charge on any atom is 0.410 e. The van der Waals surface area contributed by atoms with Crippen LogP contribution in [0.2, 0.25) is 0 Å². The predicted octanol–water partition coefficient (Wildman–Crippen LogP) is 3.41. The second-order valence-corrected chi connectivity index (χ2v) is 6.19. The number of rotatable bonds is 3. The molecule has 2 N–H and O–H groups in total. The van der Waals surface area contributed by atoms with E-state index in [4.69, 9.17) is 10.5 Å². The van der Waals surface area contributed by atoms with Gasteiger partial charge < -0.3 is 15.4 Å². The standard InChI is InChI=1S/C19H21FN2O2/c20-17-8-6-16(7-9-17)19(21)10-12-22(13-11-19)18(23)24-14-15-4-2-1-3-5-15/h1-9H,10-14,21H2. The summed E-state index contributed by atoms with van der Waals surface area (Å²) in [6, 6.07) is 15.9. The van der Waals surface area contributed by atoms with Crippen molar-refractivity contribution in [2.75, 3.05) is 13.1 Å². The first-order valence-corrected chi connectivity index (χ1v) is 8.07. The third-order valence-corrected chi connectivity index (χ3v) is 4.54. The Morgan fingerprint density at radius 2 is 1.71 bits per heavy atom. The molecule has 126 valence electrons. The minimum absolute atomic E-state index is 0.266. The Morgan fingerprint density at radius 1 is 1.08 bits per heavy atom. The summed E-state index contributed by atoms with van der Waals surface area (Å²) in [5.74, 6) is -0.274. The number of halogens is 1. The molecule has 2 aromatic rings. The number of likely N-dealkylation sites (tertiary alicyclic amines) is 1. The first-order valence-electron chi connectivity index (χ1n) is 8.07. The van der Waals surface area contributed by atoms with Gasteiger partial charge in [0.05, 0.1) is 0 Å². The molecule has 4 nitrogen and oxygen atoms in total. The van der Waals surface area contributed by atoms with Gasteiger partial charge in [0, 0.05) is 18.6 Å². The highest BCUT2D eigenvalue weighted by Gasteiger charge is 2.34. The average molecular weight is 328 g/mol. The number of piperidine rings is 1. The molecule has 24 heavy (non-hydrogen) atoms. The summed E-state index contributed by atoms with van der Waals surface area (Å²) in [5, 5.41) is 0. The number of nitrogens with two attached hydrogens (primary N) is 1. The fourth-order valence-electron chi connectivity index (χ4n) is 2.97. The van der Waals surface area contributed by atoms with Crippen molar-refractivity contribution in [3.8, 4) is 0 Å². The average Bonchev–Trinajstić information content (AvgIpc) is 2.61. The van der Waals surface area contributed by atoms with Crippen molar-refractivity contribution in [2.24, 2.45) is 5.73 Å². The second-order valence-electron chi connectivity index (χ2n) is 6.19. The number of hydrogen-bond acceptors (Lipinski definition) is 3. The van der Waals surface area contributed by atoms with Gasteiger partial charge in [-0.05, 0) is 36.1 Å². The van der Waals surface area contributed by atoms with Crippen molar-refractivity contribution >= 4 is 6.09 Å². The molecule has 0 atom stereocenters. The van der Waals surface area contributed by atoms with Crippen LogP contribution in [0.4, 0.5) is 9.18 Å². The molecule has 1 saturated heterocycles. The molecule has 1 aliphatic rings. The van der Waals surface area contributed by atoms with E-state index < -0.39 is 5.54 Å². The minimum atomic E-state index is -0.524. The van der Waals surface area contributed by atoms with Gasteiger partial charge in [-0.15, -0.1) is 0 Å². The lowest BCUT2D eigenvalue weighted by Crippen LogP contribution is -2.49. The number of hydrogen-bond donors (Lipinski definition) is 1. The molecule has 1 fully saturated rings. The number of carbonyl (C=O) groups is 1. The highest BCUT2D eigenvalue weighted by atomic mass is 19.1. The van der Waals surface area contributed by atoms with Gasteiger partial charge in [0.15, 0.2) is 0 Å². The van der Waals surface area contributed by atoms with E-state index in [1.165, 1.54) is 12.1 Å². The summed E-state index contributed by atoms with van der Waals surface area (Å²) in [4.78, 5) is 13.9. The summed E-state index contributed by atoms with van der Waals surface area (Å²) >= 11 is 0. The molecule has 0 aliphatic carbocycles. The molecule has 1 amide bonds. The third kappa shape index (κ3) is 3.74. The van der Waals surface area contributed by atoms with Gasteiger partial charge in [-0.25, -0.2) is 9.18 Å². The first-order chi connectivity index (χ1) is 11.6. The lowest BCUT2D eigenvalue weighted by molar-refractivity contribution is 0.0779. The molecule has 2 aromatic carbocycles. The van der Waals surface area contributed by atoms with E-state index in [9.17, 15) is 9.18 Å². The summed E-state index contributed by atoms with van der Waals surface area (Å²) in [5.41, 5.74) is 7.80. The number of nitrogens with zero attached hydrogens (tertiary/aromatic N) is 1. The topological polar surface area (TPSA) is 55.6 Å². The summed E-state index contributed by atoms with van der Waals surface area (Å²) in [6.07, 6.45) is 0.929. The minimum Gasteiger partial charge on any atom is -0.445 e. The summed E-state index contributed by atoms with van der Waals surface area (Å²) in [7, 11) is 0. The van der Waals surface area contributed by atoms with Gasteiger partial charge in [0.25, 0.3) is 0 Å². The van der Waals surface area contributed by atoms with Gasteiger partial charge in [-0.2, -0.15) is 0 Å². The summed E-state index contributed by atoms with van der Waals surface area (Å²) in [6.45, 7) is 1.32. The largest absolute Gasteiger partial charge is 0.445 e. The molecule has 3 rings (SSSR count). The lowest BCUT2D eigenvalue weighted by atomic mass is 9.82. The predicted molar refractivity (Wildman–Crippen MR) is 89.7 cm³/mol. The van der Waals surface area contributed by atoms with Gasteiger partial charge in [0.1, 0.15) is 12.4 Å². The number of carbonyl (C=O) groups excluding carboxylic acids is 1. The van der Waals surface area contributed by atoms with Crippen molar-refractivity contribution in [3.05, 3.63) is 71.5 Å². The zero-order chi connectivity index (χ0) is 17.0. The maximum absolute atomic E-state index is 13.1. The second kappa shape index (κ2) is 7.01. The molecule has 1 heterocycles. The lowest BCUT2D eigenvalue weighted by Gasteiger charge is -2.39. The van der Waals surface area contributed by atoms with Crippen LogP contribution in [0.15, 0.2) is 54.6 Å². The maximum atomic E-state index is 13.1. The Bertz CT molecular complexity index is 680. The van der Waals surface area contributed by atoms with Crippen LogP contribution in [-0.4, -0.2) is 24.1 Å². The van der Waals surface area contributed by atoms with Gasteiger partial charge in [-0.3, -0.25) is 0 Å². The van der Waals surface area contributed by atoms with Crippen molar-refractivity contribution in [2.45, 2.75) is 25.0 Å². The van der Waals surface area contributed by atoms with Crippen molar-refractivity contribution in [1.82, 2.24) is 4.90 Å². The van der Waals surface area contributed by atoms with Gasteiger partial charge >= 0.3 is 6.09 Å². The van der Waals surface area contributed by atoms with Crippen LogP contribution >= 0.6 is 0 Å². The van der Waals surface area contributed by atoms with E-state index >= 15 is 0 Å². The van der Waals surface area contributed by atoms with Crippen LogP contribution in [0.3, 0.4) is 0 Å². The van der Waals surface area contributed by atoms with Crippen molar-refractivity contribution in [1.29, 1.82) is 0 Å². The molecule has 0 bridgehead atoms. The zero-order valence-electron chi connectivity index (χ0n) is 13.5. The quantitative estimate of drug-likeness (QED) is 0.939. The van der Waals surface area contributed by atoms with Gasteiger partial charge in [0.2, 0.25) is 0 Å². The Morgan fingerprint density at radius 3 is 2.33 bits per heavy atom. The van der Waals surface area contributed by atoms with E-state index in [1.54, 1.807) is 17.0 Å². The molecule has 0 unspecified atom stereocenters. The van der Waals surface area contributed by atoms with Crippen LogP contribution in [0.25, 0.3) is 0 Å². The SMILES string of the molecule is NC1(c2ccc(F)cc2)CCN(C(=O)OCc2ccccc2)CC1. The molecular weight excluding hydrogens is 307 g/mol. The van der Waals surface area contributed by atoms with E-state index in [2.05, 4.69) is 0 Å². The van der Waals surface area contributed by atoms with Crippen LogP contribution in [0.1, 0.15) is 24.0 Å². The molecule has 0 aromatic heterocycles. The van der Waals surface area contributed by atoms with Crippen molar-refractivity contribution < 1.29 is 13.9 Å². The summed E-state index contributed by atoms with van der Waals surface area (Å²) < 4.78 is 18.4. The van der Waals surface area contributed by atoms with Crippen LogP contribution < -0.4 is 5.73 Å². The number of amides is 1. The number of benzene rings is 2. The van der Waals surface area contributed by atoms with E-state index in [-0.39, 0.29) is 18.5 Å². The molecule has 5 heteroatoms. The highest BCUT2D eigenvalue weighted by Crippen LogP contribution is 2.30. The highest BCUT2D eigenvalue weighted by molar-refractivity contribution is 5.67. The van der Waals surface area contributed by atoms with E-state index in [0.717, 1.165) is 11.1 Å². The van der Waals surface area contributed by atoms with E-state index in [0.29, 0.717) is 25.9 Å². The Balaban J connectivity index is 1.54. The Labute approximate surface area is 141 Å². The monoisotopic (exact) mass is 328 g/mol. The Kier molecular flexibility index (Phi) is 4.81. The van der Waals surface area contributed by atoms with Crippen molar-refractivity contribution in [3.63, 3.8) is 0 Å². The normalized spacial score (nSPS) is 16.7. The van der Waals surface area contributed by atoms with E-state index in [1.807, 2.05) is 30.3 Å². The molecule has 0 radical (unpaired) electrons. The first kappa shape index (κ1) is 16.5. The van der Waals surface area contributed by atoms with Crippen LogP contribution in [0, 0.1) is 5.82 Å². The van der Waals surface area contributed by atoms with Gasteiger partial charge in [-0.1, -0.05) is 42.5 Å². The molecule has 1 aliphatic heterocycles. The smallest absolute Gasteiger partial charge is 0.410 e. The zero-order valence-corrected chi connectivity index (χ0v) is 13.5. The molecule has 0 saturated carbocycles. The number of ether oxygens (including phenoxy) is 1. The van der Waals surface area contributed by atoms with Crippen LogP contribution in [-0.2, 0) is 16.9 Å². The molecular formula is C19H21FN2O2. The van der Waals surface area contributed by atoms with Crippen LogP contribution in [0.5, 0.6) is 0 Å². The fourth-order valence-corrected chi connectivity index (χ4v) is 2.97. The molecule has 0 spiro atoms. The Hall–Kier alpha value is -2.40.